The first-order valence-corrected chi connectivity index (χ1v) is 10.3. The van der Waals surface area contributed by atoms with Crippen LogP contribution in [0.25, 0.3) is 10.6 Å². The molecule has 0 bridgehead atoms. The maximum Gasteiger partial charge on any atom is 0.324 e. The Labute approximate surface area is 156 Å². The van der Waals surface area contributed by atoms with Crippen molar-refractivity contribution < 1.29 is 13.8 Å². The molecule has 1 aliphatic rings. The van der Waals surface area contributed by atoms with E-state index in [2.05, 4.69) is 20.3 Å². The van der Waals surface area contributed by atoms with E-state index in [4.69, 9.17) is 5.73 Å². The summed E-state index contributed by atoms with van der Waals surface area (Å²) in [5, 5.41) is 3.36. The van der Waals surface area contributed by atoms with Crippen LogP contribution in [-0.4, -0.2) is 54.8 Å². The van der Waals surface area contributed by atoms with Crippen LogP contribution in [-0.2, 0) is 15.6 Å². The number of nitrogens with one attached hydrogen (secondary N) is 1. The SMILES string of the molecule is Cc1nc(NC(=O)N2CCCC2C(N)=O)sc1-c1ccnc(S(C)=O)n1. The summed E-state index contributed by atoms with van der Waals surface area (Å²) in [5.41, 5.74) is 6.63. The van der Waals surface area contributed by atoms with Crippen LogP contribution < -0.4 is 11.1 Å². The molecule has 3 heterocycles. The first kappa shape index (κ1) is 18.4. The monoisotopic (exact) mass is 394 g/mol. The average Bonchev–Trinajstić information content (AvgIpc) is 3.21. The van der Waals surface area contributed by atoms with Gasteiger partial charge in [0.05, 0.1) is 27.1 Å². The molecule has 2 atom stereocenters. The smallest absolute Gasteiger partial charge is 0.324 e. The largest absolute Gasteiger partial charge is 0.368 e. The number of rotatable bonds is 4. The van der Waals surface area contributed by atoms with Gasteiger partial charge in [-0.3, -0.25) is 14.3 Å². The van der Waals surface area contributed by atoms with Crippen LogP contribution in [0.4, 0.5) is 9.93 Å². The van der Waals surface area contributed by atoms with Gasteiger partial charge in [-0.1, -0.05) is 11.3 Å². The number of hydrogen-bond acceptors (Lipinski definition) is 7. The number of urea groups is 1. The highest BCUT2D eigenvalue weighted by molar-refractivity contribution is 7.84. The maximum absolute atomic E-state index is 12.4. The molecule has 3 N–H and O–H groups in total. The van der Waals surface area contributed by atoms with Gasteiger partial charge in [-0.05, 0) is 25.8 Å². The van der Waals surface area contributed by atoms with Crippen molar-refractivity contribution in [1.82, 2.24) is 19.9 Å². The van der Waals surface area contributed by atoms with Crippen LogP contribution in [0.3, 0.4) is 0 Å². The second-order valence-corrected chi connectivity index (χ2v) is 8.07. The van der Waals surface area contributed by atoms with Crippen molar-refractivity contribution in [3.63, 3.8) is 0 Å². The molecule has 0 saturated carbocycles. The average molecular weight is 394 g/mol. The number of thiazole rings is 1. The summed E-state index contributed by atoms with van der Waals surface area (Å²) < 4.78 is 11.6. The number of primary amides is 1. The van der Waals surface area contributed by atoms with Crippen molar-refractivity contribution in [1.29, 1.82) is 0 Å². The van der Waals surface area contributed by atoms with Crippen molar-refractivity contribution in [2.24, 2.45) is 5.73 Å². The number of carbonyl (C=O) groups excluding carboxylic acids is 2. The van der Waals surface area contributed by atoms with Crippen LogP contribution in [0.5, 0.6) is 0 Å². The van der Waals surface area contributed by atoms with Crippen LogP contribution in [0.1, 0.15) is 18.5 Å². The van der Waals surface area contributed by atoms with Gasteiger partial charge in [-0.2, -0.15) is 0 Å². The first-order chi connectivity index (χ1) is 12.4. The second-order valence-electron chi connectivity index (χ2n) is 5.80. The summed E-state index contributed by atoms with van der Waals surface area (Å²) in [6.45, 7) is 2.28. The van der Waals surface area contributed by atoms with Gasteiger partial charge in [0, 0.05) is 19.0 Å². The van der Waals surface area contributed by atoms with Gasteiger partial charge in [-0.15, -0.1) is 0 Å². The van der Waals surface area contributed by atoms with Gasteiger partial charge < -0.3 is 10.6 Å². The third-order valence-electron chi connectivity index (χ3n) is 3.98. The summed E-state index contributed by atoms with van der Waals surface area (Å²) in [7, 11) is -1.29. The number of aryl methyl sites for hydroxylation is 1. The third-order valence-corrected chi connectivity index (χ3v) is 5.78. The normalized spacial score (nSPS) is 17.9. The molecule has 2 aromatic heterocycles. The Balaban J connectivity index is 1.80. The molecular weight excluding hydrogens is 376 g/mol. The zero-order chi connectivity index (χ0) is 18.8. The Morgan fingerprint density at radius 2 is 2.19 bits per heavy atom. The van der Waals surface area contributed by atoms with Gasteiger partial charge in [0.25, 0.3) is 0 Å². The van der Waals surface area contributed by atoms with E-state index in [1.807, 2.05) is 0 Å². The first-order valence-electron chi connectivity index (χ1n) is 7.88. The summed E-state index contributed by atoms with van der Waals surface area (Å²) in [5.74, 6) is -0.505. The van der Waals surface area contributed by atoms with E-state index < -0.39 is 28.8 Å². The fourth-order valence-corrected chi connectivity index (χ4v) is 4.12. The Bertz CT molecular complexity index is 884. The molecule has 11 heteroatoms. The minimum absolute atomic E-state index is 0.238. The van der Waals surface area contributed by atoms with Crippen molar-refractivity contribution >= 4 is 39.2 Å². The summed E-state index contributed by atoms with van der Waals surface area (Å²) in [6.07, 6.45) is 4.36. The molecule has 0 aliphatic carbocycles. The van der Waals surface area contributed by atoms with E-state index in [1.165, 1.54) is 28.7 Å². The van der Waals surface area contributed by atoms with Crippen LogP contribution in [0, 0.1) is 6.92 Å². The van der Waals surface area contributed by atoms with Crippen molar-refractivity contribution in [3.8, 4) is 10.6 Å². The lowest BCUT2D eigenvalue weighted by atomic mass is 10.2. The molecular formula is C15H18N6O3S2. The van der Waals surface area contributed by atoms with Gasteiger partial charge >= 0.3 is 6.03 Å². The molecule has 1 aliphatic heterocycles. The fraction of sp³-hybridized carbons (Fsp3) is 0.400. The van der Waals surface area contributed by atoms with Crippen molar-refractivity contribution in [2.75, 3.05) is 18.1 Å². The van der Waals surface area contributed by atoms with Gasteiger partial charge in [0.2, 0.25) is 11.1 Å². The number of nitrogens with two attached hydrogens (primary N) is 1. The zero-order valence-electron chi connectivity index (χ0n) is 14.3. The maximum atomic E-state index is 12.4. The number of aromatic nitrogens is 3. The van der Waals surface area contributed by atoms with Crippen LogP contribution in [0.2, 0.25) is 0 Å². The Kier molecular flexibility index (Phi) is 5.28. The quantitative estimate of drug-likeness (QED) is 0.747. The molecule has 0 spiro atoms. The molecule has 2 unspecified atom stereocenters. The Hall–Kier alpha value is -2.40. The summed E-state index contributed by atoms with van der Waals surface area (Å²) >= 11 is 1.25. The molecule has 138 valence electrons. The number of carbonyl (C=O) groups is 2. The predicted octanol–water partition coefficient (Wildman–Crippen LogP) is 1.13. The lowest BCUT2D eigenvalue weighted by Gasteiger charge is -2.21. The lowest BCUT2D eigenvalue weighted by Crippen LogP contribution is -2.45. The Morgan fingerprint density at radius 3 is 2.88 bits per heavy atom. The van der Waals surface area contributed by atoms with Crippen LogP contribution in [0.15, 0.2) is 17.4 Å². The molecule has 26 heavy (non-hydrogen) atoms. The lowest BCUT2D eigenvalue weighted by molar-refractivity contribution is -0.121. The zero-order valence-corrected chi connectivity index (χ0v) is 15.9. The number of amides is 3. The molecule has 1 fully saturated rings. The van der Waals surface area contributed by atoms with Crippen molar-refractivity contribution in [2.45, 2.75) is 31.0 Å². The number of nitrogens with zero attached hydrogens (tertiary/aromatic N) is 4. The predicted molar refractivity (Wildman–Crippen MR) is 98.2 cm³/mol. The minimum Gasteiger partial charge on any atom is -0.368 e. The highest BCUT2D eigenvalue weighted by atomic mass is 32.2. The molecule has 1 saturated heterocycles. The minimum atomic E-state index is -1.29. The Morgan fingerprint density at radius 1 is 1.42 bits per heavy atom. The highest BCUT2D eigenvalue weighted by Gasteiger charge is 2.33. The standard InChI is InChI=1S/C15H18N6O3S2/c1-8-11(9-5-6-17-14(19-9)26(2)24)25-13(18-8)20-15(23)21-7-3-4-10(21)12(16)22/h5-6,10H,3-4,7H2,1-2H3,(H2,16,22)(H,18,20,23). The van der Waals surface area contributed by atoms with E-state index in [1.54, 1.807) is 13.0 Å². The molecule has 9 nitrogen and oxygen atoms in total. The summed E-state index contributed by atoms with van der Waals surface area (Å²) in [4.78, 5) is 38.7. The topological polar surface area (TPSA) is 131 Å². The molecule has 3 rings (SSSR count). The molecule has 2 aromatic rings. The number of likely N-dealkylation sites (tertiary alicyclic amines) is 1. The highest BCUT2D eigenvalue weighted by Crippen LogP contribution is 2.32. The second kappa shape index (κ2) is 7.46. The van der Waals surface area contributed by atoms with Gasteiger partial charge in [0.1, 0.15) is 6.04 Å². The van der Waals surface area contributed by atoms with E-state index in [9.17, 15) is 13.8 Å². The number of anilines is 1. The van der Waals surface area contributed by atoms with Gasteiger partial charge in [0.15, 0.2) is 5.13 Å². The van der Waals surface area contributed by atoms with Crippen LogP contribution >= 0.6 is 11.3 Å². The fourth-order valence-electron chi connectivity index (χ4n) is 2.76. The van der Waals surface area contributed by atoms with E-state index in [0.717, 1.165) is 11.3 Å². The van der Waals surface area contributed by atoms with E-state index in [0.29, 0.717) is 29.5 Å². The third kappa shape index (κ3) is 3.73. The molecule has 0 aromatic carbocycles. The van der Waals surface area contributed by atoms with Crippen molar-refractivity contribution in [3.05, 3.63) is 18.0 Å². The molecule has 3 amide bonds. The summed E-state index contributed by atoms with van der Waals surface area (Å²) in [6, 6.07) is 0.718. The number of hydrogen-bond donors (Lipinski definition) is 2. The van der Waals surface area contributed by atoms with E-state index >= 15 is 0 Å². The van der Waals surface area contributed by atoms with Gasteiger partial charge in [-0.25, -0.2) is 19.7 Å². The molecule has 0 radical (unpaired) electrons. The van der Waals surface area contributed by atoms with E-state index in [-0.39, 0.29) is 5.16 Å².